The van der Waals surface area contributed by atoms with Crippen molar-refractivity contribution < 1.29 is 13.9 Å². The number of hydrogen-bond acceptors (Lipinski definition) is 3. The van der Waals surface area contributed by atoms with Crippen LogP contribution < -0.4 is 5.32 Å². The van der Waals surface area contributed by atoms with Gasteiger partial charge in [-0.1, -0.05) is 0 Å². The van der Waals surface area contributed by atoms with Gasteiger partial charge in [0.15, 0.2) is 0 Å². The molecule has 5 heteroatoms. The van der Waals surface area contributed by atoms with Crippen LogP contribution in [-0.4, -0.2) is 48.4 Å². The summed E-state index contributed by atoms with van der Waals surface area (Å²) in [5, 5.41) is 3.05. The van der Waals surface area contributed by atoms with Gasteiger partial charge in [0, 0.05) is 19.0 Å². The molecule has 2 atom stereocenters. The van der Waals surface area contributed by atoms with E-state index < -0.39 is 17.4 Å². The molecule has 2 rings (SSSR count). The number of nitrogens with zero attached hydrogens (tertiary/aromatic N) is 1. The molecule has 17 heavy (non-hydrogen) atoms. The number of carbonyl (C=O) groups is 1. The maximum atomic E-state index is 14.5. The number of rotatable bonds is 0. The Kier molecular flexibility index (Phi) is 3.06. The fourth-order valence-electron chi connectivity index (χ4n) is 2.53. The maximum Gasteiger partial charge on any atom is 0.410 e. The summed E-state index contributed by atoms with van der Waals surface area (Å²) in [5.41, 5.74) is -1.79. The fourth-order valence-corrected chi connectivity index (χ4v) is 2.53. The first-order valence-electron chi connectivity index (χ1n) is 6.18. The van der Waals surface area contributed by atoms with Gasteiger partial charge in [0.2, 0.25) is 0 Å². The number of ether oxygens (including phenoxy) is 1. The van der Waals surface area contributed by atoms with E-state index in [4.69, 9.17) is 4.74 Å². The highest BCUT2D eigenvalue weighted by molar-refractivity contribution is 5.68. The number of amides is 1. The maximum absolute atomic E-state index is 14.5. The van der Waals surface area contributed by atoms with E-state index in [9.17, 15) is 9.18 Å². The zero-order valence-corrected chi connectivity index (χ0v) is 10.8. The van der Waals surface area contributed by atoms with E-state index in [1.807, 2.05) is 20.8 Å². The molecule has 0 aromatic heterocycles. The molecule has 98 valence electrons. The normalized spacial score (nSPS) is 33.4. The molecule has 2 heterocycles. The van der Waals surface area contributed by atoms with Gasteiger partial charge < -0.3 is 15.0 Å². The standard InChI is InChI=1S/C12H21FN2O2/c1-11(2,3)17-10(16)15-6-9-4-5-14-7-12(9,13)8-15/h9,14H,4-8H2,1-3H3/t9-,12+/m1/s1. The number of carbonyl (C=O) groups excluding carboxylic acids is 1. The van der Waals surface area contributed by atoms with E-state index in [1.54, 1.807) is 0 Å². The number of likely N-dealkylation sites (tertiary alicyclic amines) is 1. The van der Waals surface area contributed by atoms with E-state index in [2.05, 4.69) is 5.32 Å². The van der Waals surface area contributed by atoms with Crippen LogP contribution in [-0.2, 0) is 4.74 Å². The molecular weight excluding hydrogens is 223 g/mol. The summed E-state index contributed by atoms with van der Waals surface area (Å²) in [4.78, 5) is 13.4. The van der Waals surface area contributed by atoms with Gasteiger partial charge in [-0.3, -0.25) is 0 Å². The molecule has 4 nitrogen and oxygen atoms in total. The first-order valence-corrected chi connectivity index (χ1v) is 6.18. The average molecular weight is 244 g/mol. The van der Waals surface area contributed by atoms with Crippen LogP contribution in [0.1, 0.15) is 27.2 Å². The molecule has 1 N–H and O–H groups in total. The average Bonchev–Trinajstić information content (AvgIpc) is 2.52. The number of halogens is 1. The Hall–Kier alpha value is -0.840. The number of piperidine rings is 1. The Balaban J connectivity index is 1.99. The molecule has 2 aliphatic rings. The molecule has 0 aromatic rings. The molecule has 0 spiro atoms. The molecule has 0 radical (unpaired) electrons. The van der Waals surface area contributed by atoms with E-state index in [0.29, 0.717) is 13.1 Å². The highest BCUT2D eigenvalue weighted by atomic mass is 19.1. The number of fused-ring (bicyclic) bond motifs is 1. The third-order valence-electron chi connectivity index (χ3n) is 3.37. The minimum atomic E-state index is -1.27. The number of alkyl halides is 1. The fraction of sp³-hybridized carbons (Fsp3) is 0.917. The van der Waals surface area contributed by atoms with E-state index in [0.717, 1.165) is 13.0 Å². The Morgan fingerprint density at radius 2 is 2.24 bits per heavy atom. The van der Waals surface area contributed by atoms with Gasteiger partial charge in [0.25, 0.3) is 0 Å². The summed E-state index contributed by atoms with van der Waals surface area (Å²) in [7, 11) is 0. The summed E-state index contributed by atoms with van der Waals surface area (Å²) in [6.07, 6.45) is 0.388. The van der Waals surface area contributed by atoms with Crippen LogP contribution in [0.2, 0.25) is 0 Å². The van der Waals surface area contributed by atoms with Crippen LogP contribution in [0.4, 0.5) is 9.18 Å². The van der Waals surface area contributed by atoms with Crippen LogP contribution in [0, 0.1) is 5.92 Å². The summed E-state index contributed by atoms with van der Waals surface area (Å²) in [6, 6.07) is 0. The topological polar surface area (TPSA) is 41.6 Å². The van der Waals surface area contributed by atoms with Crippen molar-refractivity contribution in [2.75, 3.05) is 26.2 Å². The number of hydrogen-bond donors (Lipinski definition) is 1. The molecule has 1 amide bonds. The van der Waals surface area contributed by atoms with Crippen molar-refractivity contribution in [2.45, 2.75) is 38.5 Å². The molecule has 2 aliphatic heterocycles. The summed E-state index contributed by atoms with van der Waals surface area (Å²) >= 11 is 0. The lowest BCUT2D eigenvalue weighted by molar-refractivity contribution is 0.0256. The lowest BCUT2D eigenvalue weighted by Gasteiger charge is -2.31. The number of nitrogens with one attached hydrogen (secondary N) is 1. The molecule has 0 saturated carbocycles. The van der Waals surface area contributed by atoms with Gasteiger partial charge in [-0.15, -0.1) is 0 Å². The highest BCUT2D eigenvalue weighted by Crippen LogP contribution is 2.36. The van der Waals surface area contributed by atoms with Crippen molar-refractivity contribution in [1.29, 1.82) is 0 Å². The smallest absolute Gasteiger partial charge is 0.410 e. The Bertz CT molecular complexity index is 316. The molecule has 0 unspecified atom stereocenters. The summed E-state index contributed by atoms with van der Waals surface area (Å²) in [5.74, 6) is -0.0451. The van der Waals surface area contributed by atoms with Gasteiger partial charge in [0.05, 0.1) is 6.54 Å². The molecule has 0 aromatic carbocycles. The quantitative estimate of drug-likeness (QED) is 0.703. The van der Waals surface area contributed by atoms with Crippen molar-refractivity contribution in [3.05, 3.63) is 0 Å². The summed E-state index contributed by atoms with van der Waals surface area (Å²) in [6.45, 7) is 7.27. The largest absolute Gasteiger partial charge is 0.444 e. The first-order chi connectivity index (χ1) is 7.80. The summed E-state index contributed by atoms with van der Waals surface area (Å²) < 4.78 is 19.8. The lowest BCUT2D eigenvalue weighted by atomic mass is 9.87. The molecule has 0 bridgehead atoms. The van der Waals surface area contributed by atoms with Crippen LogP contribution in [0.3, 0.4) is 0 Å². The minimum Gasteiger partial charge on any atom is -0.444 e. The third-order valence-corrected chi connectivity index (χ3v) is 3.37. The first kappa shape index (κ1) is 12.6. The predicted molar refractivity (Wildman–Crippen MR) is 62.6 cm³/mol. The zero-order valence-electron chi connectivity index (χ0n) is 10.8. The van der Waals surface area contributed by atoms with Gasteiger partial charge in [-0.05, 0) is 33.7 Å². The van der Waals surface area contributed by atoms with Crippen molar-refractivity contribution in [3.8, 4) is 0 Å². The van der Waals surface area contributed by atoms with Gasteiger partial charge >= 0.3 is 6.09 Å². The van der Waals surface area contributed by atoms with Gasteiger partial charge in [-0.2, -0.15) is 0 Å². The second-order valence-electron chi connectivity index (χ2n) is 6.06. The second kappa shape index (κ2) is 4.12. The Morgan fingerprint density at radius 1 is 1.53 bits per heavy atom. The Morgan fingerprint density at radius 3 is 2.82 bits per heavy atom. The second-order valence-corrected chi connectivity index (χ2v) is 6.06. The molecule has 2 fully saturated rings. The van der Waals surface area contributed by atoms with Gasteiger partial charge in [0.1, 0.15) is 11.3 Å². The lowest BCUT2D eigenvalue weighted by Crippen LogP contribution is -2.49. The zero-order chi connectivity index (χ0) is 12.7. The Labute approximate surface area is 101 Å². The predicted octanol–water partition coefficient (Wildman–Crippen LogP) is 1.55. The van der Waals surface area contributed by atoms with E-state index in [1.165, 1.54) is 4.90 Å². The van der Waals surface area contributed by atoms with Crippen LogP contribution in [0.25, 0.3) is 0 Å². The SMILES string of the molecule is CC(C)(C)OC(=O)N1C[C@H]2CCNC[C@]2(F)C1. The minimum absolute atomic E-state index is 0.0451. The molecule has 2 saturated heterocycles. The van der Waals surface area contributed by atoms with Crippen LogP contribution in [0.15, 0.2) is 0 Å². The van der Waals surface area contributed by atoms with Crippen molar-refractivity contribution in [1.82, 2.24) is 10.2 Å². The molecular formula is C12H21FN2O2. The van der Waals surface area contributed by atoms with Crippen molar-refractivity contribution in [2.24, 2.45) is 5.92 Å². The van der Waals surface area contributed by atoms with Crippen LogP contribution >= 0.6 is 0 Å². The third kappa shape index (κ3) is 2.70. The van der Waals surface area contributed by atoms with Crippen molar-refractivity contribution in [3.63, 3.8) is 0 Å². The highest BCUT2D eigenvalue weighted by Gasteiger charge is 2.50. The van der Waals surface area contributed by atoms with Crippen molar-refractivity contribution >= 4 is 6.09 Å². The monoisotopic (exact) mass is 244 g/mol. The van der Waals surface area contributed by atoms with E-state index in [-0.39, 0.29) is 12.5 Å². The molecule has 0 aliphatic carbocycles. The van der Waals surface area contributed by atoms with Crippen LogP contribution in [0.5, 0.6) is 0 Å². The van der Waals surface area contributed by atoms with Gasteiger partial charge in [-0.25, -0.2) is 9.18 Å². The van der Waals surface area contributed by atoms with E-state index >= 15 is 0 Å².